The minimum atomic E-state index is -3.79. The second kappa shape index (κ2) is 7.62. The highest BCUT2D eigenvalue weighted by atomic mass is 32.2. The number of hydrogen-bond acceptors (Lipinski definition) is 3. The van der Waals surface area contributed by atoms with Gasteiger partial charge in [-0.05, 0) is 68.9 Å². The van der Waals surface area contributed by atoms with Gasteiger partial charge in [0, 0.05) is 31.5 Å². The number of likely N-dealkylation sites (tertiary alicyclic amines) is 1. The average molecular weight is 404 g/mol. The van der Waals surface area contributed by atoms with Gasteiger partial charge < -0.3 is 9.47 Å². The Labute approximate surface area is 167 Å². The van der Waals surface area contributed by atoms with Crippen molar-refractivity contribution < 1.29 is 13.2 Å². The van der Waals surface area contributed by atoms with Crippen LogP contribution >= 0.6 is 0 Å². The maximum Gasteiger partial charge on any atom is 0.270 e. The Hall–Kier alpha value is -2.28. The molecular formula is C21H29N3O3S. The van der Waals surface area contributed by atoms with Gasteiger partial charge in [0.15, 0.2) is 0 Å². The van der Waals surface area contributed by atoms with Crippen molar-refractivity contribution in [2.75, 3.05) is 17.8 Å². The molecule has 1 saturated heterocycles. The van der Waals surface area contributed by atoms with Crippen LogP contribution in [0.3, 0.4) is 0 Å². The second-order valence-electron chi connectivity index (χ2n) is 7.99. The summed E-state index contributed by atoms with van der Waals surface area (Å²) in [6, 6.07) is 7.08. The molecule has 1 aliphatic rings. The van der Waals surface area contributed by atoms with Gasteiger partial charge in [-0.25, -0.2) is 8.42 Å². The first-order chi connectivity index (χ1) is 13.1. The number of nitrogens with one attached hydrogen (secondary N) is 1. The lowest BCUT2D eigenvalue weighted by Gasteiger charge is -2.30. The predicted molar refractivity (Wildman–Crippen MR) is 111 cm³/mol. The van der Waals surface area contributed by atoms with E-state index >= 15 is 0 Å². The molecule has 7 heteroatoms. The number of hydrogen-bond donors (Lipinski definition) is 1. The summed E-state index contributed by atoms with van der Waals surface area (Å²) in [5.74, 6) is 0.516. The topological polar surface area (TPSA) is 71.4 Å². The van der Waals surface area contributed by atoms with E-state index in [-0.39, 0.29) is 10.8 Å². The van der Waals surface area contributed by atoms with E-state index < -0.39 is 10.0 Å². The van der Waals surface area contributed by atoms with Crippen LogP contribution in [0.5, 0.6) is 0 Å². The van der Waals surface area contributed by atoms with Crippen molar-refractivity contribution in [3.05, 3.63) is 46.8 Å². The molecule has 1 aromatic heterocycles. The van der Waals surface area contributed by atoms with Crippen LogP contribution in [0.4, 0.5) is 5.69 Å². The van der Waals surface area contributed by atoms with Crippen molar-refractivity contribution in [3.8, 4) is 0 Å². The molecule has 6 nitrogen and oxygen atoms in total. The molecule has 1 N–H and O–H groups in total. The van der Waals surface area contributed by atoms with Gasteiger partial charge in [0.25, 0.3) is 15.9 Å². The van der Waals surface area contributed by atoms with Gasteiger partial charge in [-0.1, -0.05) is 13.0 Å². The molecule has 152 valence electrons. The normalized spacial score (nSPS) is 15.7. The number of rotatable bonds is 4. The smallest absolute Gasteiger partial charge is 0.270 e. The van der Waals surface area contributed by atoms with Crippen LogP contribution < -0.4 is 4.72 Å². The molecule has 1 aliphatic heterocycles. The number of carbonyl (C=O) groups is 1. The summed E-state index contributed by atoms with van der Waals surface area (Å²) in [6.07, 6.45) is 1.96. The first-order valence-corrected chi connectivity index (χ1v) is 11.1. The zero-order valence-electron chi connectivity index (χ0n) is 17.2. The summed E-state index contributed by atoms with van der Waals surface area (Å²) in [6.45, 7) is 9.20. The van der Waals surface area contributed by atoms with E-state index in [2.05, 4.69) is 11.6 Å². The van der Waals surface area contributed by atoms with Gasteiger partial charge in [0.1, 0.15) is 10.6 Å². The molecule has 0 unspecified atom stereocenters. The molecule has 3 rings (SSSR count). The van der Waals surface area contributed by atoms with E-state index in [1.165, 1.54) is 6.07 Å². The molecule has 2 heterocycles. The van der Waals surface area contributed by atoms with Crippen LogP contribution in [-0.2, 0) is 17.1 Å². The predicted octanol–water partition coefficient (Wildman–Crippen LogP) is 3.62. The lowest BCUT2D eigenvalue weighted by atomic mass is 9.99. The third-order valence-corrected chi connectivity index (χ3v) is 7.04. The van der Waals surface area contributed by atoms with Gasteiger partial charge in [0.05, 0.1) is 0 Å². The summed E-state index contributed by atoms with van der Waals surface area (Å²) in [5, 5.41) is 0. The number of aromatic nitrogens is 1. The fraction of sp³-hybridized carbons (Fsp3) is 0.476. The Bertz CT molecular complexity index is 980. The number of anilines is 1. The summed E-state index contributed by atoms with van der Waals surface area (Å²) in [5.41, 5.74) is 3.45. The van der Waals surface area contributed by atoms with Crippen LogP contribution in [-0.4, -0.2) is 36.9 Å². The van der Waals surface area contributed by atoms with E-state index in [0.717, 1.165) is 24.0 Å². The molecule has 1 fully saturated rings. The molecule has 1 amide bonds. The number of sulfonamides is 1. The Morgan fingerprint density at radius 2 is 1.61 bits per heavy atom. The van der Waals surface area contributed by atoms with Gasteiger partial charge >= 0.3 is 0 Å². The lowest BCUT2D eigenvalue weighted by molar-refractivity contribution is 0.0687. The number of carbonyl (C=O) groups excluding carboxylic acids is 1. The van der Waals surface area contributed by atoms with Crippen LogP contribution in [0.2, 0.25) is 0 Å². The molecule has 0 atom stereocenters. The monoisotopic (exact) mass is 403 g/mol. The second-order valence-corrected chi connectivity index (χ2v) is 9.65. The number of aryl methyl sites for hydroxylation is 2. The number of amides is 1. The van der Waals surface area contributed by atoms with E-state index in [1.807, 2.05) is 24.8 Å². The van der Waals surface area contributed by atoms with Crippen LogP contribution in [0.1, 0.15) is 47.1 Å². The third-order valence-electron chi connectivity index (χ3n) is 5.54. The molecule has 0 saturated carbocycles. The van der Waals surface area contributed by atoms with Crippen molar-refractivity contribution in [2.45, 2.75) is 45.4 Å². The highest BCUT2D eigenvalue weighted by Gasteiger charge is 2.28. The lowest BCUT2D eigenvalue weighted by Crippen LogP contribution is -2.38. The largest absolute Gasteiger partial charge is 0.343 e. The van der Waals surface area contributed by atoms with Crippen molar-refractivity contribution in [3.63, 3.8) is 0 Å². The Balaban J connectivity index is 1.90. The van der Waals surface area contributed by atoms with E-state index in [9.17, 15) is 13.2 Å². The SMILES string of the molecule is Cc1cc(C)cc(NS(=O)(=O)c2cc(C(=O)N3CCC(C)CC3)n(C)c2C)c1. The Kier molecular flexibility index (Phi) is 5.57. The number of nitrogens with zero attached hydrogens (tertiary/aromatic N) is 2. The molecule has 0 aliphatic carbocycles. The van der Waals surface area contributed by atoms with E-state index in [1.54, 1.807) is 30.7 Å². The molecule has 1 aromatic carbocycles. The summed E-state index contributed by atoms with van der Waals surface area (Å²) >= 11 is 0. The quantitative estimate of drug-likeness (QED) is 0.847. The highest BCUT2D eigenvalue weighted by molar-refractivity contribution is 7.92. The van der Waals surface area contributed by atoms with Crippen LogP contribution in [0.25, 0.3) is 0 Å². The molecule has 0 bridgehead atoms. The van der Waals surface area contributed by atoms with Gasteiger partial charge in [0.2, 0.25) is 0 Å². The summed E-state index contributed by atoms with van der Waals surface area (Å²) < 4.78 is 30.3. The molecule has 0 spiro atoms. The Morgan fingerprint density at radius 1 is 1.04 bits per heavy atom. The minimum Gasteiger partial charge on any atom is -0.343 e. The van der Waals surface area contributed by atoms with Gasteiger partial charge in [-0.3, -0.25) is 9.52 Å². The summed E-state index contributed by atoms with van der Waals surface area (Å²) in [7, 11) is -2.05. The zero-order chi connectivity index (χ0) is 20.6. The fourth-order valence-electron chi connectivity index (χ4n) is 3.77. The number of benzene rings is 1. The zero-order valence-corrected chi connectivity index (χ0v) is 18.1. The Morgan fingerprint density at radius 3 is 2.18 bits per heavy atom. The molecule has 0 radical (unpaired) electrons. The van der Waals surface area contributed by atoms with Crippen molar-refractivity contribution in [1.82, 2.24) is 9.47 Å². The van der Waals surface area contributed by atoms with Crippen molar-refractivity contribution >= 4 is 21.6 Å². The average Bonchev–Trinajstić information content (AvgIpc) is 2.90. The molecular weight excluding hydrogens is 374 g/mol. The first-order valence-electron chi connectivity index (χ1n) is 9.65. The highest BCUT2D eigenvalue weighted by Crippen LogP contribution is 2.26. The van der Waals surface area contributed by atoms with Crippen molar-refractivity contribution in [1.29, 1.82) is 0 Å². The van der Waals surface area contributed by atoms with Crippen LogP contribution in [0, 0.1) is 26.7 Å². The first kappa shape index (κ1) is 20.5. The maximum absolute atomic E-state index is 13.0. The minimum absolute atomic E-state index is 0.106. The standard InChI is InChI=1S/C21H29N3O3S/c1-14-6-8-24(9-7-14)21(25)19-13-20(17(4)23(19)5)28(26,27)22-18-11-15(2)10-16(3)12-18/h10-14,22H,6-9H2,1-5H3. The van der Waals surface area contributed by atoms with Gasteiger partial charge in [-0.15, -0.1) is 0 Å². The van der Waals surface area contributed by atoms with Gasteiger partial charge in [-0.2, -0.15) is 0 Å². The van der Waals surface area contributed by atoms with E-state index in [0.29, 0.717) is 36.1 Å². The van der Waals surface area contributed by atoms with Crippen molar-refractivity contribution in [2.24, 2.45) is 13.0 Å². The molecule has 28 heavy (non-hydrogen) atoms. The fourth-order valence-corrected chi connectivity index (χ4v) is 5.10. The third kappa shape index (κ3) is 4.09. The van der Waals surface area contributed by atoms with E-state index in [4.69, 9.17) is 0 Å². The maximum atomic E-state index is 13.0. The molecule has 2 aromatic rings. The van der Waals surface area contributed by atoms with Crippen LogP contribution in [0.15, 0.2) is 29.2 Å². The summed E-state index contributed by atoms with van der Waals surface area (Å²) in [4.78, 5) is 14.9. The number of piperidine rings is 1.